The van der Waals surface area contributed by atoms with Gasteiger partial charge in [0.2, 0.25) is 11.8 Å². The minimum atomic E-state index is -0.332. The van der Waals surface area contributed by atoms with Gasteiger partial charge in [0.05, 0.1) is 10.3 Å². The second-order valence-corrected chi connectivity index (χ2v) is 7.17. The Bertz CT molecular complexity index is 475. The van der Waals surface area contributed by atoms with Crippen molar-refractivity contribution < 1.29 is 9.59 Å². The Balaban J connectivity index is 1.94. The Morgan fingerprint density at radius 2 is 2.26 bits per heavy atom. The molecular formula is C13H17BrN2O2S. The van der Waals surface area contributed by atoms with Crippen molar-refractivity contribution in [1.29, 1.82) is 0 Å². The first-order valence-electron chi connectivity index (χ1n) is 6.42. The zero-order valence-corrected chi connectivity index (χ0v) is 13.2. The van der Waals surface area contributed by atoms with Crippen LogP contribution in [0, 0.1) is 0 Å². The lowest BCUT2D eigenvalue weighted by Crippen LogP contribution is -2.58. The van der Waals surface area contributed by atoms with Gasteiger partial charge in [-0.15, -0.1) is 11.3 Å². The Kier molecular flexibility index (Phi) is 4.99. The van der Waals surface area contributed by atoms with Crippen molar-refractivity contribution in [2.45, 2.75) is 32.2 Å². The molecule has 1 N–H and O–H groups in total. The van der Waals surface area contributed by atoms with Crippen molar-refractivity contribution in [3.05, 3.63) is 20.8 Å². The minimum absolute atomic E-state index is 0.0505. The van der Waals surface area contributed by atoms with Crippen LogP contribution in [0.5, 0.6) is 0 Å². The van der Waals surface area contributed by atoms with Gasteiger partial charge in [-0.05, 0) is 40.9 Å². The van der Waals surface area contributed by atoms with Crippen LogP contribution in [0.1, 0.15) is 24.6 Å². The van der Waals surface area contributed by atoms with E-state index in [4.69, 9.17) is 0 Å². The number of amides is 2. The summed E-state index contributed by atoms with van der Waals surface area (Å²) in [5.41, 5.74) is 0. The van der Waals surface area contributed by atoms with Crippen LogP contribution in [0.2, 0.25) is 0 Å². The fraction of sp³-hybridized carbons (Fsp3) is 0.538. The number of hydrogen-bond donors (Lipinski definition) is 1. The smallest absolute Gasteiger partial charge is 0.245 e. The Labute approximate surface area is 125 Å². The summed E-state index contributed by atoms with van der Waals surface area (Å²) in [5.74, 6) is 0.00230. The van der Waals surface area contributed by atoms with E-state index in [1.165, 1.54) is 4.88 Å². The fourth-order valence-corrected chi connectivity index (χ4v) is 3.65. The third-order valence-electron chi connectivity index (χ3n) is 3.11. The van der Waals surface area contributed by atoms with E-state index in [0.717, 1.165) is 16.6 Å². The van der Waals surface area contributed by atoms with Crippen LogP contribution in [0.4, 0.5) is 0 Å². The highest BCUT2D eigenvalue weighted by molar-refractivity contribution is 9.11. The Morgan fingerprint density at radius 3 is 2.89 bits per heavy atom. The van der Waals surface area contributed by atoms with Gasteiger partial charge in [-0.2, -0.15) is 0 Å². The number of carbonyl (C=O) groups excluding carboxylic acids is 2. The highest BCUT2D eigenvalue weighted by atomic mass is 79.9. The molecule has 2 rings (SSSR count). The third kappa shape index (κ3) is 3.79. The number of halogens is 1. The van der Waals surface area contributed by atoms with Gasteiger partial charge in [0.1, 0.15) is 6.04 Å². The lowest BCUT2D eigenvalue weighted by Gasteiger charge is -2.32. The highest BCUT2D eigenvalue weighted by Crippen LogP contribution is 2.22. The molecule has 0 aliphatic carbocycles. The topological polar surface area (TPSA) is 49.4 Å². The van der Waals surface area contributed by atoms with E-state index in [2.05, 4.69) is 21.2 Å². The summed E-state index contributed by atoms with van der Waals surface area (Å²) >= 11 is 5.09. The number of rotatable bonds is 5. The van der Waals surface area contributed by atoms with Crippen LogP contribution in [0.15, 0.2) is 15.9 Å². The van der Waals surface area contributed by atoms with Crippen molar-refractivity contribution in [1.82, 2.24) is 10.2 Å². The largest absolute Gasteiger partial charge is 0.343 e. The molecule has 4 nitrogen and oxygen atoms in total. The molecule has 104 valence electrons. The molecule has 1 unspecified atom stereocenters. The van der Waals surface area contributed by atoms with Gasteiger partial charge in [0.25, 0.3) is 0 Å². The SMILES string of the molecule is CCCC1NC(=O)CN(CCc2ccc(Br)s2)C1=O. The molecule has 1 aromatic rings. The molecule has 2 heterocycles. The maximum atomic E-state index is 12.2. The van der Waals surface area contributed by atoms with Crippen LogP contribution in [-0.2, 0) is 16.0 Å². The van der Waals surface area contributed by atoms with Gasteiger partial charge in [-0.1, -0.05) is 13.3 Å². The van der Waals surface area contributed by atoms with Crippen LogP contribution in [0.3, 0.4) is 0 Å². The summed E-state index contributed by atoms with van der Waals surface area (Å²) in [7, 11) is 0. The van der Waals surface area contributed by atoms with E-state index in [1.54, 1.807) is 16.2 Å². The average Bonchev–Trinajstić information content (AvgIpc) is 2.78. The normalized spacial score (nSPS) is 19.7. The maximum Gasteiger partial charge on any atom is 0.245 e. The van der Waals surface area contributed by atoms with E-state index >= 15 is 0 Å². The quantitative estimate of drug-likeness (QED) is 0.889. The lowest BCUT2D eigenvalue weighted by atomic mass is 10.1. The fourth-order valence-electron chi connectivity index (χ4n) is 2.18. The van der Waals surface area contributed by atoms with Crippen LogP contribution >= 0.6 is 27.3 Å². The van der Waals surface area contributed by atoms with Gasteiger partial charge in [-0.25, -0.2) is 0 Å². The first kappa shape index (κ1) is 14.5. The number of thiophene rings is 1. The van der Waals surface area contributed by atoms with Gasteiger partial charge >= 0.3 is 0 Å². The number of piperazine rings is 1. The van der Waals surface area contributed by atoms with E-state index < -0.39 is 0 Å². The zero-order valence-electron chi connectivity index (χ0n) is 10.8. The first-order valence-corrected chi connectivity index (χ1v) is 8.03. The summed E-state index contributed by atoms with van der Waals surface area (Å²) < 4.78 is 1.09. The van der Waals surface area contributed by atoms with Crippen LogP contribution in [-0.4, -0.2) is 35.8 Å². The van der Waals surface area contributed by atoms with Crippen molar-refractivity contribution in [3.63, 3.8) is 0 Å². The Morgan fingerprint density at radius 1 is 1.47 bits per heavy atom. The number of carbonyl (C=O) groups is 2. The first-order chi connectivity index (χ1) is 9.10. The summed E-state index contributed by atoms with van der Waals surface area (Å²) in [6, 6.07) is 3.72. The van der Waals surface area contributed by atoms with Crippen molar-refractivity contribution in [3.8, 4) is 0 Å². The predicted molar refractivity (Wildman–Crippen MR) is 79.1 cm³/mol. The van der Waals surface area contributed by atoms with E-state index in [0.29, 0.717) is 13.0 Å². The highest BCUT2D eigenvalue weighted by Gasteiger charge is 2.31. The van der Waals surface area contributed by atoms with E-state index in [-0.39, 0.29) is 24.4 Å². The maximum absolute atomic E-state index is 12.2. The molecule has 1 aliphatic heterocycles. The lowest BCUT2D eigenvalue weighted by molar-refractivity contribution is -0.144. The molecule has 0 radical (unpaired) electrons. The molecule has 1 aliphatic rings. The number of nitrogens with one attached hydrogen (secondary N) is 1. The summed E-state index contributed by atoms with van der Waals surface area (Å²) in [6.07, 6.45) is 2.40. The minimum Gasteiger partial charge on any atom is -0.343 e. The second-order valence-electron chi connectivity index (χ2n) is 4.62. The molecule has 0 spiro atoms. The van der Waals surface area contributed by atoms with E-state index in [9.17, 15) is 9.59 Å². The summed E-state index contributed by atoms with van der Waals surface area (Å²) in [6.45, 7) is 2.81. The molecular weight excluding hydrogens is 328 g/mol. The number of nitrogens with zero attached hydrogens (tertiary/aromatic N) is 1. The molecule has 0 aromatic carbocycles. The van der Waals surface area contributed by atoms with Crippen molar-refractivity contribution >= 4 is 39.1 Å². The van der Waals surface area contributed by atoms with Crippen LogP contribution in [0.25, 0.3) is 0 Å². The average molecular weight is 345 g/mol. The van der Waals surface area contributed by atoms with Gasteiger partial charge in [0.15, 0.2) is 0 Å². The van der Waals surface area contributed by atoms with Crippen LogP contribution < -0.4 is 5.32 Å². The summed E-state index contributed by atoms with van der Waals surface area (Å²) in [4.78, 5) is 26.7. The molecule has 1 atom stereocenters. The standard InChI is InChI=1S/C13H17BrN2O2S/c1-2-3-10-13(18)16(8-12(17)15-10)7-6-9-4-5-11(14)19-9/h4-5,10H,2-3,6-8H2,1H3,(H,15,17). The Hall–Kier alpha value is -0.880. The molecule has 2 amide bonds. The molecule has 6 heteroatoms. The predicted octanol–water partition coefficient (Wildman–Crippen LogP) is 2.18. The second kappa shape index (κ2) is 6.52. The van der Waals surface area contributed by atoms with Gasteiger partial charge in [0, 0.05) is 11.4 Å². The van der Waals surface area contributed by atoms with E-state index in [1.807, 2.05) is 19.1 Å². The molecule has 0 saturated carbocycles. The molecule has 1 saturated heterocycles. The van der Waals surface area contributed by atoms with Gasteiger partial charge < -0.3 is 10.2 Å². The molecule has 0 bridgehead atoms. The summed E-state index contributed by atoms with van der Waals surface area (Å²) in [5, 5.41) is 2.76. The zero-order chi connectivity index (χ0) is 13.8. The monoisotopic (exact) mass is 344 g/mol. The van der Waals surface area contributed by atoms with Gasteiger partial charge in [-0.3, -0.25) is 9.59 Å². The molecule has 1 aromatic heterocycles. The molecule has 19 heavy (non-hydrogen) atoms. The number of hydrogen-bond acceptors (Lipinski definition) is 3. The molecule has 1 fully saturated rings. The van der Waals surface area contributed by atoms with Crippen molar-refractivity contribution in [2.75, 3.05) is 13.1 Å². The van der Waals surface area contributed by atoms with Crippen molar-refractivity contribution in [2.24, 2.45) is 0 Å². The third-order valence-corrected chi connectivity index (χ3v) is 4.80.